The first-order valence-electron chi connectivity index (χ1n) is 5.70. The van der Waals surface area contributed by atoms with E-state index in [0.29, 0.717) is 23.5 Å². The van der Waals surface area contributed by atoms with Crippen LogP contribution in [-0.4, -0.2) is 18.1 Å². The Hall–Kier alpha value is -1.71. The topological polar surface area (TPSA) is 64.4 Å². The molecule has 17 heavy (non-hydrogen) atoms. The minimum absolute atomic E-state index is 0.147. The Morgan fingerprint density at radius 3 is 2.59 bits per heavy atom. The highest BCUT2D eigenvalue weighted by atomic mass is 16.5. The molecular weight excluding hydrogens is 216 g/mol. The summed E-state index contributed by atoms with van der Waals surface area (Å²) in [4.78, 5) is 11.8. The first-order chi connectivity index (χ1) is 7.83. The van der Waals surface area contributed by atoms with Gasteiger partial charge in [0, 0.05) is 18.3 Å². The fourth-order valence-corrected chi connectivity index (χ4v) is 1.40. The third-order valence-electron chi connectivity index (χ3n) is 2.00. The van der Waals surface area contributed by atoms with Gasteiger partial charge in [-0.2, -0.15) is 0 Å². The lowest BCUT2D eigenvalue weighted by atomic mass is 10.1. The summed E-state index contributed by atoms with van der Waals surface area (Å²) in [5.41, 5.74) is 6.43. The highest BCUT2D eigenvalue weighted by Crippen LogP contribution is 2.25. The fourth-order valence-electron chi connectivity index (χ4n) is 1.40. The number of rotatable bonds is 3. The number of hydrogen-bond donors (Lipinski definition) is 2. The van der Waals surface area contributed by atoms with Gasteiger partial charge in [0.25, 0.3) is 5.91 Å². The summed E-state index contributed by atoms with van der Waals surface area (Å²) in [6, 6.07) is 5.05. The van der Waals surface area contributed by atoms with Gasteiger partial charge in [-0.25, -0.2) is 0 Å². The predicted octanol–water partition coefficient (Wildman–Crippen LogP) is 2.20. The van der Waals surface area contributed by atoms with Gasteiger partial charge < -0.3 is 15.8 Å². The van der Waals surface area contributed by atoms with Crippen molar-refractivity contribution in [3.63, 3.8) is 0 Å². The molecular formula is C13H20N2O2. The molecule has 94 valence electrons. The maximum Gasteiger partial charge on any atom is 0.255 e. The molecule has 0 aromatic heterocycles. The van der Waals surface area contributed by atoms with Crippen molar-refractivity contribution in [2.24, 2.45) is 0 Å². The molecule has 0 unspecified atom stereocenters. The van der Waals surface area contributed by atoms with Crippen LogP contribution >= 0.6 is 0 Å². The molecule has 0 radical (unpaired) electrons. The van der Waals surface area contributed by atoms with E-state index in [1.807, 2.05) is 27.7 Å². The van der Waals surface area contributed by atoms with Crippen molar-refractivity contribution in [2.45, 2.75) is 33.3 Å². The van der Waals surface area contributed by atoms with Crippen molar-refractivity contribution in [1.82, 2.24) is 5.32 Å². The van der Waals surface area contributed by atoms with Gasteiger partial charge in [-0.15, -0.1) is 0 Å². The fraction of sp³-hybridized carbons (Fsp3) is 0.462. The normalized spacial score (nSPS) is 11.1. The second-order valence-electron chi connectivity index (χ2n) is 4.83. The number of nitrogen functional groups attached to an aromatic ring is 1. The molecule has 0 atom stereocenters. The van der Waals surface area contributed by atoms with Crippen LogP contribution in [0.5, 0.6) is 5.75 Å². The van der Waals surface area contributed by atoms with Gasteiger partial charge in [0.05, 0.1) is 5.56 Å². The Kier molecular flexibility index (Phi) is 3.99. The van der Waals surface area contributed by atoms with Crippen molar-refractivity contribution < 1.29 is 9.53 Å². The molecule has 0 bridgehead atoms. The van der Waals surface area contributed by atoms with E-state index in [-0.39, 0.29) is 11.5 Å². The summed E-state index contributed by atoms with van der Waals surface area (Å²) in [5.74, 6) is 0.371. The van der Waals surface area contributed by atoms with Crippen LogP contribution in [0.3, 0.4) is 0 Å². The molecule has 0 saturated heterocycles. The van der Waals surface area contributed by atoms with Crippen molar-refractivity contribution >= 4 is 11.6 Å². The second kappa shape index (κ2) is 5.08. The predicted molar refractivity (Wildman–Crippen MR) is 69.2 cm³/mol. The Bertz CT molecular complexity index is 408. The van der Waals surface area contributed by atoms with Crippen molar-refractivity contribution in [3.8, 4) is 5.75 Å². The average Bonchev–Trinajstić information content (AvgIpc) is 2.15. The maximum absolute atomic E-state index is 11.8. The minimum Gasteiger partial charge on any atom is -0.487 e. The molecule has 1 amide bonds. The lowest BCUT2D eigenvalue weighted by Crippen LogP contribution is -2.27. The van der Waals surface area contributed by atoms with Gasteiger partial charge >= 0.3 is 0 Å². The van der Waals surface area contributed by atoms with E-state index in [0.717, 1.165) is 0 Å². The van der Waals surface area contributed by atoms with Gasteiger partial charge in [0.2, 0.25) is 0 Å². The number of nitrogens with two attached hydrogens (primary N) is 1. The first kappa shape index (κ1) is 13.4. The smallest absolute Gasteiger partial charge is 0.255 e. The summed E-state index contributed by atoms with van der Waals surface area (Å²) >= 11 is 0. The Labute approximate surface area is 102 Å². The Morgan fingerprint density at radius 2 is 2.06 bits per heavy atom. The number of anilines is 1. The van der Waals surface area contributed by atoms with Crippen LogP contribution in [-0.2, 0) is 0 Å². The number of carbonyl (C=O) groups excluding carboxylic acids is 1. The van der Waals surface area contributed by atoms with Crippen LogP contribution in [0.25, 0.3) is 0 Å². The van der Waals surface area contributed by atoms with Crippen LogP contribution in [0, 0.1) is 0 Å². The van der Waals surface area contributed by atoms with Crippen molar-refractivity contribution in [2.75, 3.05) is 12.3 Å². The van der Waals surface area contributed by atoms with E-state index < -0.39 is 0 Å². The molecule has 0 saturated carbocycles. The summed E-state index contributed by atoms with van der Waals surface area (Å²) in [6.45, 7) is 8.24. The molecule has 0 spiro atoms. The number of hydrogen-bond acceptors (Lipinski definition) is 3. The number of amides is 1. The molecule has 3 N–H and O–H groups in total. The molecule has 0 aliphatic heterocycles. The Morgan fingerprint density at radius 1 is 1.41 bits per heavy atom. The largest absolute Gasteiger partial charge is 0.487 e. The van der Waals surface area contributed by atoms with Crippen LogP contribution < -0.4 is 15.8 Å². The average molecular weight is 236 g/mol. The van der Waals surface area contributed by atoms with E-state index >= 15 is 0 Å². The molecule has 1 aromatic rings. The first-order valence-corrected chi connectivity index (χ1v) is 5.70. The van der Waals surface area contributed by atoms with Crippen molar-refractivity contribution in [1.29, 1.82) is 0 Å². The van der Waals surface area contributed by atoms with Crippen LogP contribution in [0.4, 0.5) is 5.69 Å². The zero-order chi connectivity index (χ0) is 13.1. The van der Waals surface area contributed by atoms with Gasteiger partial charge in [0.1, 0.15) is 11.4 Å². The highest BCUT2D eigenvalue weighted by molar-refractivity contribution is 5.97. The lowest BCUT2D eigenvalue weighted by Gasteiger charge is -2.23. The second-order valence-corrected chi connectivity index (χ2v) is 4.83. The SMILES string of the molecule is CCNC(=O)c1ccc(N)cc1OC(C)(C)C. The molecule has 0 heterocycles. The molecule has 1 rings (SSSR count). The van der Waals surface area contributed by atoms with E-state index in [4.69, 9.17) is 10.5 Å². The van der Waals surface area contributed by atoms with Gasteiger partial charge in [-0.3, -0.25) is 4.79 Å². The molecule has 0 aliphatic rings. The van der Waals surface area contributed by atoms with E-state index in [2.05, 4.69) is 5.32 Å². The quantitative estimate of drug-likeness (QED) is 0.791. The highest BCUT2D eigenvalue weighted by Gasteiger charge is 2.18. The summed E-state index contributed by atoms with van der Waals surface area (Å²) < 4.78 is 5.74. The monoisotopic (exact) mass is 236 g/mol. The molecule has 1 aromatic carbocycles. The molecule has 4 heteroatoms. The van der Waals surface area contributed by atoms with E-state index in [1.165, 1.54) is 0 Å². The number of carbonyl (C=O) groups is 1. The van der Waals surface area contributed by atoms with Crippen LogP contribution in [0.2, 0.25) is 0 Å². The summed E-state index contributed by atoms with van der Waals surface area (Å²) in [7, 11) is 0. The minimum atomic E-state index is -0.366. The van der Waals surface area contributed by atoms with Crippen LogP contribution in [0.1, 0.15) is 38.1 Å². The molecule has 4 nitrogen and oxygen atoms in total. The maximum atomic E-state index is 11.8. The van der Waals surface area contributed by atoms with Crippen molar-refractivity contribution in [3.05, 3.63) is 23.8 Å². The van der Waals surface area contributed by atoms with E-state index in [1.54, 1.807) is 18.2 Å². The van der Waals surface area contributed by atoms with Crippen LogP contribution in [0.15, 0.2) is 18.2 Å². The summed E-state index contributed by atoms with van der Waals surface area (Å²) in [5, 5.41) is 2.75. The summed E-state index contributed by atoms with van der Waals surface area (Å²) in [6.07, 6.45) is 0. The molecule has 0 fully saturated rings. The lowest BCUT2D eigenvalue weighted by molar-refractivity contribution is 0.0935. The number of benzene rings is 1. The van der Waals surface area contributed by atoms with E-state index in [9.17, 15) is 4.79 Å². The zero-order valence-corrected chi connectivity index (χ0v) is 10.8. The standard InChI is InChI=1S/C13H20N2O2/c1-5-15-12(16)10-7-6-9(14)8-11(10)17-13(2,3)4/h6-8H,5,14H2,1-4H3,(H,15,16). The zero-order valence-electron chi connectivity index (χ0n) is 10.8. The molecule has 0 aliphatic carbocycles. The van der Waals surface area contributed by atoms with Gasteiger partial charge in [-0.05, 0) is 39.8 Å². The number of nitrogens with one attached hydrogen (secondary N) is 1. The third-order valence-corrected chi connectivity index (χ3v) is 2.00. The third kappa shape index (κ3) is 3.98. The van der Waals surface area contributed by atoms with Gasteiger partial charge in [0.15, 0.2) is 0 Å². The Balaban J connectivity index is 3.08. The van der Waals surface area contributed by atoms with Gasteiger partial charge in [-0.1, -0.05) is 0 Å². The number of ether oxygens (including phenoxy) is 1.